The van der Waals surface area contributed by atoms with E-state index in [1.807, 2.05) is 6.92 Å². The molecule has 0 aliphatic rings. The molecular formula is C8H10ClNO2S. The Hall–Kier alpha value is -0.580. The van der Waals surface area contributed by atoms with Crippen molar-refractivity contribution in [3.8, 4) is 0 Å². The molecule has 5 heteroatoms. The van der Waals surface area contributed by atoms with Crippen molar-refractivity contribution in [3.63, 3.8) is 0 Å². The minimum Gasteiger partial charge on any atom is -0.214 e. The average molecular weight is 220 g/mol. The van der Waals surface area contributed by atoms with Crippen LogP contribution >= 0.6 is 11.6 Å². The van der Waals surface area contributed by atoms with Crippen LogP contribution in [0.4, 0.5) is 0 Å². The fourth-order valence-electron chi connectivity index (χ4n) is 0.859. The SMILES string of the molecule is CNS(=O)(=O)c1ccc(C)c(Cl)c1. The fourth-order valence-corrected chi connectivity index (χ4v) is 1.86. The van der Waals surface area contributed by atoms with Gasteiger partial charge in [0.05, 0.1) is 4.90 Å². The first kappa shape index (κ1) is 10.5. The summed E-state index contributed by atoms with van der Waals surface area (Å²) in [5, 5.41) is 0.455. The highest BCUT2D eigenvalue weighted by Crippen LogP contribution is 2.19. The molecule has 0 saturated heterocycles. The van der Waals surface area contributed by atoms with E-state index < -0.39 is 10.0 Å². The highest BCUT2D eigenvalue weighted by molar-refractivity contribution is 7.89. The van der Waals surface area contributed by atoms with Gasteiger partial charge in [0.25, 0.3) is 0 Å². The Balaban J connectivity index is 3.27. The largest absolute Gasteiger partial charge is 0.240 e. The molecule has 0 atom stereocenters. The number of benzene rings is 1. The van der Waals surface area contributed by atoms with Crippen LogP contribution in [0.2, 0.25) is 5.02 Å². The molecule has 1 N–H and O–H groups in total. The van der Waals surface area contributed by atoms with E-state index in [9.17, 15) is 8.42 Å². The Morgan fingerprint density at radius 3 is 2.46 bits per heavy atom. The number of hydrogen-bond donors (Lipinski definition) is 1. The number of sulfonamides is 1. The lowest BCUT2D eigenvalue weighted by atomic mass is 10.2. The monoisotopic (exact) mass is 219 g/mol. The fraction of sp³-hybridized carbons (Fsp3) is 0.250. The second-order valence-corrected chi connectivity index (χ2v) is 4.91. The van der Waals surface area contributed by atoms with Crippen molar-refractivity contribution in [1.82, 2.24) is 4.72 Å². The van der Waals surface area contributed by atoms with Crippen LogP contribution in [0.3, 0.4) is 0 Å². The van der Waals surface area contributed by atoms with E-state index in [1.165, 1.54) is 19.2 Å². The molecule has 0 saturated carbocycles. The third-order valence-electron chi connectivity index (χ3n) is 1.72. The second-order valence-electron chi connectivity index (χ2n) is 2.62. The van der Waals surface area contributed by atoms with Crippen molar-refractivity contribution in [2.75, 3.05) is 7.05 Å². The van der Waals surface area contributed by atoms with Crippen LogP contribution < -0.4 is 4.72 Å². The molecule has 0 unspecified atom stereocenters. The summed E-state index contributed by atoms with van der Waals surface area (Å²) in [4.78, 5) is 0.186. The molecule has 1 rings (SSSR count). The summed E-state index contributed by atoms with van der Waals surface area (Å²) in [5.74, 6) is 0. The lowest BCUT2D eigenvalue weighted by Crippen LogP contribution is -2.18. The quantitative estimate of drug-likeness (QED) is 0.821. The predicted octanol–water partition coefficient (Wildman–Crippen LogP) is 1.56. The summed E-state index contributed by atoms with van der Waals surface area (Å²) >= 11 is 5.78. The van der Waals surface area contributed by atoms with Crippen molar-refractivity contribution in [2.45, 2.75) is 11.8 Å². The molecule has 13 heavy (non-hydrogen) atoms. The highest BCUT2D eigenvalue weighted by Gasteiger charge is 2.11. The van der Waals surface area contributed by atoms with Gasteiger partial charge in [-0.3, -0.25) is 0 Å². The molecule has 0 fully saturated rings. The van der Waals surface area contributed by atoms with E-state index in [2.05, 4.69) is 4.72 Å². The average Bonchev–Trinajstić information content (AvgIpc) is 2.09. The van der Waals surface area contributed by atoms with E-state index in [0.717, 1.165) is 5.56 Å². The van der Waals surface area contributed by atoms with E-state index in [-0.39, 0.29) is 4.90 Å². The molecule has 0 aromatic heterocycles. The van der Waals surface area contributed by atoms with E-state index in [1.54, 1.807) is 6.07 Å². The summed E-state index contributed by atoms with van der Waals surface area (Å²) in [5.41, 5.74) is 0.858. The zero-order chi connectivity index (χ0) is 10.1. The number of halogens is 1. The number of rotatable bonds is 2. The predicted molar refractivity (Wildman–Crippen MR) is 52.4 cm³/mol. The van der Waals surface area contributed by atoms with Crippen LogP contribution in [0.5, 0.6) is 0 Å². The van der Waals surface area contributed by atoms with Crippen LogP contribution in [0, 0.1) is 6.92 Å². The van der Waals surface area contributed by atoms with Crippen LogP contribution in [0.15, 0.2) is 23.1 Å². The minimum atomic E-state index is -3.37. The maximum atomic E-state index is 11.3. The second kappa shape index (κ2) is 3.65. The molecule has 0 heterocycles. The van der Waals surface area contributed by atoms with E-state index in [4.69, 9.17) is 11.6 Å². The Morgan fingerprint density at radius 1 is 1.38 bits per heavy atom. The summed E-state index contributed by atoms with van der Waals surface area (Å²) < 4.78 is 24.8. The Kier molecular flexibility index (Phi) is 2.95. The minimum absolute atomic E-state index is 0.186. The summed E-state index contributed by atoms with van der Waals surface area (Å²) in [7, 11) is -2.01. The van der Waals surface area contributed by atoms with Crippen molar-refractivity contribution in [3.05, 3.63) is 28.8 Å². The zero-order valence-corrected chi connectivity index (χ0v) is 8.91. The highest BCUT2D eigenvalue weighted by atomic mass is 35.5. The van der Waals surface area contributed by atoms with Gasteiger partial charge in [0.2, 0.25) is 10.0 Å². The molecule has 0 aliphatic carbocycles. The first-order valence-electron chi connectivity index (χ1n) is 3.67. The molecule has 0 aliphatic heterocycles. The van der Waals surface area contributed by atoms with Crippen molar-refractivity contribution in [1.29, 1.82) is 0 Å². The van der Waals surface area contributed by atoms with Gasteiger partial charge in [0, 0.05) is 5.02 Å². The maximum absolute atomic E-state index is 11.3. The number of aryl methyl sites for hydroxylation is 1. The van der Waals surface area contributed by atoms with Gasteiger partial charge in [-0.15, -0.1) is 0 Å². The smallest absolute Gasteiger partial charge is 0.214 e. The molecule has 1 aromatic rings. The molecule has 0 bridgehead atoms. The number of hydrogen-bond acceptors (Lipinski definition) is 2. The first-order chi connectivity index (χ1) is 5.97. The first-order valence-corrected chi connectivity index (χ1v) is 5.53. The van der Waals surface area contributed by atoms with Gasteiger partial charge in [-0.2, -0.15) is 0 Å². The van der Waals surface area contributed by atoms with Crippen LogP contribution in [-0.4, -0.2) is 15.5 Å². The lowest BCUT2D eigenvalue weighted by Gasteiger charge is -2.03. The molecule has 3 nitrogen and oxygen atoms in total. The van der Waals surface area contributed by atoms with Crippen LogP contribution in [0.25, 0.3) is 0 Å². The van der Waals surface area contributed by atoms with Crippen LogP contribution in [-0.2, 0) is 10.0 Å². The zero-order valence-electron chi connectivity index (χ0n) is 7.33. The summed E-state index contributed by atoms with van der Waals surface area (Å²) in [6, 6.07) is 4.63. The van der Waals surface area contributed by atoms with Gasteiger partial charge in [-0.1, -0.05) is 17.7 Å². The molecule has 0 spiro atoms. The third kappa shape index (κ3) is 2.21. The van der Waals surface area contributed by atoms with Gasteiger partial charge in [-0.25, -0.2) is 13.1 Å². The van der Waals surface area contributed by atoms with Gasteiger partial charge >= 0.3 is 0 Å². The van der Waals surface area contributed by atoms with Gasteiger partial charge in [0.15, 0.2) is 0 Å². The molecule has 0 radical (unpaired) electrons. The van der Waals surface area contributed by atoms with Gasteiger partial charge in [-0.05, 0) is 31.7 Å². The molecule has 72 valence electrons. The van der Waals surface area contributed by atoms with E-state index in [0.29, 0.717) is 5.02 Å². The van der Waals surface area contributed by atoms with Crippen molar-refractivity contribution >= 4 is 21.6 Å². The maximum Gasteiger partial charge on any atom is 0.240 e. The Morgan fingerprint density at radius 2 is 2.00 bits per heavy atom. The van der Waals surface area contributed by atoms with E-state index >= 15 is 0 Å². The molecule has 1 aromatic carbocycles. The standard InChI is InChI=1S/C8H10ClNO2S/c1-6-3-4-7(5-8(6)9)13(11,12)10-2/h3-5,10H,1-2H3. The lowest BCUT2D eigenvalue weighted by molar-refractivity contribution is 0.588. The summed E-state index contributed by atoms with van der Waals surface area (Å²) in [6.07, 6.45) is 0. The summed E-state index contributed by atoms with van der Waals surface area (Å²) in [6.45, 7) is 1.82. The Labute approximate surface area is 82.8 Å². The van der Waals surface area contributed by atoms with Gasteiger partial charge in [0.1, 0.15) is 0 Å². The van der Waals surface area contributed by atoms with Crippen molar-refractivity contribution < 1.29 is 8.42 Å². The number of nitrogens with one attached hydrogen (secondary N) is 1. The van der Waals surface area contributed by atoms with Crippen LogP contribution in [0.1, 0.15) is 5.56 Å². The molecule has 0 amide bonds. The van der Waals surface area contributed by atoms with Crippen molar-refractivity contribution in [2.24, 2.45) is 0 Å². The topological polar surface area (TPSA) is 46.2 Å². The normalized spacial score (nSPS) is 11.6. The Bertz CT molecular complexity index is 414. The van der Waals surface area contributed by atoms with Gasteiger partial charge < -0.3 is 0 Å². The third-order valence-corrected chi connectivity index (χ3v) is 3.54. The molecular weight excluding hydrogens is 210 g/mol.